The van der Waals surface area contributed by atoms with Gasteiger partial charge in [-0.2, -0.15) is 0 Å². The Morgan fingerprint density at radius 3 is 2.67 bits per heavy atom. The fourth-order valence-electron chi connectivity index (χ4n) is 2.79. The van der Waals surface area contributed by atoms with E-state index in [1.165, 1.54) is 0 Å². The van der Waals surface area contributed by atoms with E-state index in [4.69, 9.17) is 21.1 Å². The van der Waals surface area contributed by atoms with E-state index in [1.807, 2.05) is 6.92 Å². The van der Waals surface area contributed by atoms with Crippen molar-refractivity contribution in [2.75, 3.05) is 52.5 Å². The van der Waals surface area contributed by atoms with Crippen LogP contribution in [0.5, 0.6) is 11.5 Å². The van der Waals surface area contributed by atoms with E-state index >= 15 is 0 Å². The van der Waals surface area contributed by atoms with Crippen molar-refractivity contribution in [3.63, 3.8) is 0 Å². The molecule has 0 spiro atoms. The van der Waals surface area contributed by atoms with Crippen LogP contribution in [0.15, 0.2) is 12.1 Å². The third-order valence-corrected chi connectivity index (χ3v) is 4.52. The van der Waals surface area contributed by atoms with Crippen molar-refractivity contribution in [3.05, 3.63) is 22.7 Å². The molecular formula is C19H31Cl2N3O3. The molecule has 1 aliphatic heterocycles. The molecule has 1 fully saturated rings. The van der Waals surface area contributed by atoms with Crippen LogP contribution >= 0.6 is 24.0 Å². The van der Waals surface area contributed by atoms with Crippen molar-refractivity contribution in [2.24, 2.45) is 0 Å². The van der Waals surface area contributed by atoms with Gasteiger partial charge >= 0.3 is 0 Å². The average molecular weight is 420 g/mol. The molecule has 0 atom stereocenters. The fourth-order valence-corrected chi connectivity index (χ4v) is 3.05. The molecule has 1 amide bonds. The third-order valence-electron chi connectivity index (χ3n) is 4.24. The van der Waals surface area contributed by atoms with E-state index in [1.54, 1.807) is 12.1 Å². The molecule has 27 heavy (non-hydrogen) atoms. The summed E-state index contributed by atoms with van der Waals surface area (Å²) >= 11 is 6.35. The van der Waals surface area contributed by atoms with Crippen molar-refractivity contribution in [2.45, 2.75) is 26.7 Å². The molecule has 2 N–H and O–H groups in total. The maximum absolute atomic E-state index is 12.5. The highest BCUT2D eigenvalue weighted by Gasteiger charge is 2.17. The summed E-state index contributed by atoms with van der Waals surface area (Å²) in [6, 6.07) is 3.35. The maximum atomic E-state index is 12.5. The summed E-state index contributed by atoms with van der Waals surface area (Å²) in [4.78, 5) is 14.8. The lowest BCUT2D eigenvalue weighted by Gasteiger charge is -2.27. The highest BCUT2D eigenvalue weighted by Crippen LogP contribution is 2.36. The molecule has 1 heterocycles. The molecule has 0 saturated carbocycles. The lowest BCUT2D eigenvalue weighted by Crippen LogP contribution is -2.46. The van der Waals surface area contributed by atoms with Crippen LogP contribution in [0, 0.1) is 0 Å². The van der Waals surface area contributed by atoms with Gasteiger partial charge in [-0.25, -0.2) is 0 Å². The minimum atomic E-state index is -0.150. The number of nitrogens with zero attached hydrogens (tertiary/aromatic N) is 1. The molecule has 0 aliphatic carbocycles. The Morgan fingerprint density at radius 1 is 1.26 bits per heavy atom. The number of carbonyl (C=O) groups excluding carboxylic acids is 1. The molecule has 6 nitrogen and oxygen atoms in total. The zero-order chi connectivity index (χ0) is 18.8. The number of halogens is 2. The first kappa shape index (κ1) is 23.8. The van der Waals surface area contributed by atoms with Crippen LogP contribution < -0.4 is 20.1 Å². The Balaban J connectivity index is 0.00000364. The SMILES string of the molecule is CCCCOc1c(Cl)cc(C(=O)NCCN2CCNCC2)cc1OCC.Cl. The number of benzene rings is 1. The molecule has 1 aromatic carbocycles. The lowest BCUT2D eigenvalue weighted by atomic mass is 10.2. The van der Waals surface area contributed by atoms with Crippen molar-refractivity contribution in [1.29, 1.82) is 0 Å². The first-order valence-corrected chi connectivity index (χ1v) is 9.83. The van der Waals surface area contributed by atoms with E-state index in [9.17, 15) is 4.79 Å². The van der Waals surface area contributed by atoms with E-state index < -0.39 is 0 Å². The third kappa shape index (κ3) is 7.74. The van der Waals surface area contributed by atoms with Crippen LogP contribution in [0.2, 0.25) is 5.02 Å². The molecule has 8 heteroatoms. The van der Waals surface area contributed by atoms with Gasteiger partial charge in [0.25, 0.3) is 5.91 Å². The molecule has 0 aromatic heterocycles. The number of hydrogen-bond acceptors (Lipinski definition) is 5. The van der Waals surface area contributed by atoms with Gasteiger partial charge in [0.05, 0.1) is 18.2 Å². The molecule has 154 valence electrons. The molecule has 1 aromatic rings. The summed E-state index contributed by atoms with van der Waals surface area (Å²) in [5.41, 5.74) is 0.488. The molecule has 1 saturated heterocycles. The summed E-state index contributed by atoms with van der Waals surface area (Å²) in [6.07, 6.45) is 1.98. The van der Waals surface area contributed by atoms with E-state index in [0.29, 0.717) is 41.8 Å². The first-order valence-electron chi connectivity index (χ1n) is 9.46. The van der Waals surface area contributed by atoms with Crippen LogP contribution in [-0.2, 0) is 0 Å². The molecule has 0 bridgehead atoms. The number of carbonyl (C=O) groups is 1. The number of rotatable bonds is 10. The molecule has 1 aliphatic rings. The Labute approximate surface area is 173 Å². The Kier molecular flexibility index (Phi) is 11.5. The maximum Gasteiger partial charge on any atom is 0.251 e. The van der Waals surface area contributed by atoms with Gasteiger partial charge in [0, 0.05) is 44.8 Å². The Hall–Kier alpha value is -1.21. The van der Waals surface area contributed by atoms with Crippen LogP contribution in [0.3, 0.4) is 0 Å². The number of unbranched alkanes of at least 4 members (excludes halogenated alkanes) is 1. The van der Waals surface area contributed by atoms with Crippen molar-refractivity contribution in [3.8, 4) is 11.5 Å². The lowest BCUT2D eigenvalue weighted by molar-refractivity contribution is 0.0946. The summed E-state index contributed by atoms with van der Waals surface area (Å²) in [5.74, 6) is 0.880. The summed E-state index contributed by atoms with van der Waals surface area (Å²) in [6.45, 7) is 10.5. The normalized spacial score (nSPS) is 14.3. The predicted octanol–water partition coefficient (Wildman–Crippen LogP) is 2.97. The number of ether oxygens (including phenoxy) is 2. The van der Waals surface area contributed by atoms with E-state index in [2.05, 4.69) is 22.5 Å². The number of nitrogens with one attached hydrogen (secondary N) is 2. The average Bonchev–Trinajstić information content (AvgIpc) is 2.64. The smallest absolute Gasteiger partial charge is 0.251 e. The summed E-state index contributed by atoms with van der Waals surface area (Å²) in [5, 5.41) is 6.68. The minimum absolute atomic E-state index is 0. The quantitative estimate of drug-likeness (QED) is 0.570. The van der Waals surface area contributed by atoms with Crippen LogP contribution in [-0.4, -0.2) is 63.3 Å². The van der Waals surface area contributed by atoms with Gasteiger partial charge in [-0.1, -0.05) is 24.9 Å². The highest BCUT2D eigenvalue weighted by molar-refractivity contribution is 6.32. The standard InChI is InChI=1S/C19H30ClN3O3.ClH/c1-3-5-12-26-18-16(20)13-15(14-17(18)25-4-2)19(24)22-8-11-23-9-6-21-7-10-23;/h13-14,21H,3-12H2,1-2H3,(H,22,24);1H. The van der Waals surface area contributed by atoms with E-state index in [0.717, 1.165) is 45.6 Å². The van der Waals surface area contributed by atoms with Crippen LogP contribution in [0.25, 0.3) is 0 Å². The Morgan fingerprint density at radius 2 is 2.00 bits per heavy atom. The van der Waals surface area contributed by atoms with Gasteiger partial charge < -0.3 is 20.1 Å². The van der Waals surface area contributed by atoms with Gasteiger partial charge in [0.15, 0.2) is 11.5 Å². The second kappa shape index (κ2) is 13.0. The monoisotopic (exact) mass is 419 g/mol. The zero-order valence-electron chi connectivity index (χ0n) is 16.2. The number of amides is 1. The van der Waals surface area contributed by atoms with E-state index in [-0.39, 0.29) is 18.3 Å². The van der Waals surface area contributed by atoms with Gasteiger partial charge in [-0.3, -0.25) is 9.69 Å². The van der Waals surface area contributed by atoms with Crippen LogP contribution in [0.4, 0.5) is 0 Å². The molecule has 2 rings (SSSR count). The van der Waals surface area contributed by atoms with Gasteiger partial charge in [0.1, 0.15) is 0 Å². The second-order valence-electron chi connectivity index (χ2n) is 6.27. The fraction of sp³-hybridized carbons (Fsp3) is 0.632. The Bertz CT molecular complexity index is 582. The molecular weight excluding hydrogens is 389 g/mol. The molecule has 0 radical (unpaired) electrons. The van der Waals surface area contributed by atoms with Crippen molar-refractivity contribution in [1.82, 2.24) is 15.5 Å². The van der Waals surface area contributed by atoms with Crippen molar-refractivity contribution < 1.29 is 14.3 Å². The number of hydrogen-bond donors (Lipinski definition) is 2. The summed E-state index contributed by atoms with van der Waals surface area (Å²) < 4.78 is 11.4. The highest BCUT2D eigenvalue weighted by atomic mass is 35.5. The van der Waals surface area contributed by atoms with Crippen molar-refractivity contribution >= 4 is 29.9 Å². The van der Waals surface area contributed by atoms with Gasteiger partial charge in [-0.15, -0.1) is 12.4 Å². The minimum Gasteiger partial charge on any atom is -0.490 e. The van der Waals surface area contributed by atoms with Gasteiger partial charge in [-0.05, 0) is 25.5 Å². The summed E-state index contributed by atoms with van der Waals surface area (Å²) in [7, 11) is 0. The largest absolute Gasteiger partial charge is 0.490 e. The number of piperazine rings is 1. The second-order valence-corrected chi connectivity index (χ2v) is 6.68. The zero-order valence-corrected chi connectivity index (χ0v) is 17.8. The first-order chi connectivity index (χ1) is 12.7. The predicted molar refractivity (Wildman–Crippen MR) is 112 cm³/mol. The molecule has 0 unspecified atom stereocenters. The van der Waals surface area contributed by atoms with Crippen LogP contribution in [0.1, 0.15) is 37.0 Å². The topological polar surface area (TPSA) is 62.8 Å². The van der Waals surface area contributed by atoms with Gasteiger partial charge in [0.2, 0.25) is 0 Å².